The van der Waals surface area contributed by atoms with Crippen LogP contribution in [0.25, 0.3) is 0 Å². The number of amides is 1. The number of nitrogens with two attached hydrogens (primary N) is 1. The molecule has 1 aromatic rings. The molecule has 1 amide bonds. The van der Waals surface area contributed by atoms with Gasteiger partial charge in [-0.15, -0.1) is 0 Å². The third kappa shape index (κ3) is 5.87. The fraction of sp³-hybridized carbons (Fsp3) is 0.688. The number of imidazole rings is 1. The minimum Gasteiger partial charge on any atom is -0.396 e. The summed E-state index contributed by atoms with van der Waals surface area (Å²) < 4.78 is 2.03. The molecule has 2 rings (SSSR count). The Labute approximate surface area is 131 Å². The van der Waals surface area contributed by atoms with Crippen molar-refractivity contribution < 1.29 is 9.63 Å². The van der Waals surface area contributed by atoms with Crippen LogP contribution in [-0.4, -0.2) is 27.8 Å². The van der Waals surface area contributed by atoms with Crippen molar-refractivity contribution in [2.75, 3.05) is 6.61 Å². The van der Waals surface area contributed by atoms with Crippen LogP contribution in [0.1, 0.15) is 51.4 Å². The molecule has 0 aromatic carbocycles. The first-order valence-corrected chi connectivity index (χ1v) is 8.18. The van der Waals surface area contributed by atoms with Gasteiger partial charge in [-0.3, -0.25) is 4.79 Å². The number of carbonyl (C=O) groups excluding carboxylic acids is 1. The van der Waals surface area contributed by atoms with Gasteiger partial charge in [0.15, 0.2) is 0 Å². The maximum absolute atomic E-state index is 10.7. The lowest BCUT2D eigenvalue weighted by Gasteiger charge is -2.23. The van der Waals surface area contributed by atoms with Gasteiger partial charge in [-0.1, -0.05) is 24.4 Å². The molecule has 1 aliphatic carbocycles. The number of oxime groups is 1. The molecular formula is C16H26N4O2. The Morgan fingerprint density at radius 2 is 2.14 bits per heavy atom. The molecule has 0 unspecified atom stereocenters. The highest BCUT2D eigenvalue weighted by atomic mass is 16.6. The molecule has 1 fully saturated rings. The van der Waals surface area contributed by atoms with E-state index in [1.807, 2.05) is 17.1 Å². The van der Waals surface area contributed by atoms with E-state index < -0.39 is 0 Å². The number of hydrogen-bond acceptors (Lipinski definition) is 4. The highest BCUT2D eigenvalue weighted by molar-refractivity contribution is 5.86. The summed E-state index contributed by atoms with van der Waals surface area (Å²) in [6, 6.07) is 0. The van der Waals surface area contributed by atoms with E-state index in [0.717, 1.165) is 25.1 Å². The molecule has 122 valence electrons. The van der Waals surface area contributed by atoms with Crippen LogP contribution in [0.3, 0.4) is 0 Å². The van der Waals surface area contributed by atoms with Crippen molar-refractivity contribution >= 4 is 11.6 Å². The second-order valence-electron chi connectivity index (χ2n) is 5.91. The van der Waals surface area contributed by atoms with Gasteiger partial charge in [0.05, 0.1) is 18.6 Å². The van der Waals surface area contributed by atoms with Crippen LogP contribution in [0.2, 0.25) is 0 Å². The molecule has 1 heterocycles. The minimum atomic E-state index is -0.258. The molecule has 6 nitrogen and oxygen atoms in total. The molecule has 2 N–H and O–H groups in total. The number of primary amides is 1. The first kappa shape index (κ1) is 16.5. The fourth-order valence-electron chi connectivity index (χ4n) is 2.83. The zero-order chi connectivity index (χ0) is 15.6. The molecular weight excluding hydrogens is 280 g/mol. The van der Waals surface area contributed by atoms with E-state index in [1.54, 1.807) is 6.20 Å². The Kier molecular flexibility index (Phi) is 6.93. The summed E-state index contributed by atoms with van der Waals surface area (Å²) in [5.41, 5.74) is 6.22. The van der Waals surface area contributed by atoms with Crippen LogP contribution in [0.5, 0.6) is 0 Å². The topological polar surface area (TPSA) is 82.5 Å². The molecule has 0 bridgehead atoms. The highest BCUT2D eigenvalue weighted by Gasteiger charge is 2.20. The van der Waals surface area contributed by atoms with E-state index in [4.69, 9.17) is 10.6 Å². The SMILES string of the molecule is NC(=O)CCCCO/N=C(/Cn1ccnc1)C1CCCCC1. The summed E-state index contributed by atoms with van der Waals surface area (Å²) in [4.78, 5) is 20.2. The Balaban J connectivity index is 1.82. The first-order chi connectivity index (χ1) is 10.8. The maximum atomic E-state index is 10.7. The van der Waals surface area contributed by atoms with Crippen molar-refractivity contribution in [3.63, 3.8) is 0 Å². The minimum absolute atomic E-state index is 0.258. The van der Waals surface area contributed by atoms with E-state index in [2.05, 4.69) is 10.1 Å². The predicted octanol–water partition coefficient (Wildman–Crippen LogP) is 2.49. The van der Waals surface area contributed by atoms with Crippen molar-refractivity contribution in [1.29, 1.82) is 0 Å². The monoisotopic (exact) mass is 306 g/mol. The highest BCUT2D eigenvalue weighted by Crippen LogP contribution is 2.25. The molecule has 0 spiro atoms. The van der Waals surface area contributed by atoms with Gasteiger partial charge < -0.3 is 15.1 Å². The van der Waals surface area contributed by atoms with Crippen LogP contribution in [-0.2, 0) is 16.2 Å². The van der Waals surface area contributed by atoms with E-state index in [-0.39, 0.29) is 5.91 Å². The molecule has 1 aromatic heterocycles. The fourth-order valence-corrected chi connectivity index (χ4v) is 2.83. The lowest BCUT2D eigenvalue weighted by molar-refractivity contribution is -0.118. The van der Waals surface area contributed by atoms with Gasteiger partial charge in [0.25, 0.3) is 0 Å². The van der Waals surface area contributed by atoms with Gasteiger partial charge in [-0.2, -0.15) is 0 Å². The second kappa shape index (κ2) is 9.23. The molecule has 0 saturated heterocycles. The summed E-state index contributed by atoms with van der Waals surface area (Å²) in [7, 11) is 0. The number of nitrogens with zero attached hydrogens (tertiary/aromatic N) is 3. The van der Waals surface area contributed by atoms with Gasteiger partial charge in [0.2, 0.25) is 5.91 Å². The Morgan fingerprint density at radius 1 is 1.32 bits per heavy atom. The summed E-state index contributed by atoms with van der Waals surface area (Å²) in [6.45, 7) is 1.28. The second-order valence-corrected chi connectivity index (χ2v) is 5.91. The number of hydrogen-bond donors (Lipinski definition) is 1. The normalized spacial score (nSPS) is 16.6. The predicted molar refractivity (Wildman–Crippen MR) is 85.2 cm³/mol. The van der Waals surface area contributed by atoms with Crippen molar-refractivity contribution in [2.24, 2.45) is 16.8 Å². The molecule has 1 aliphatic rings. The van der Waals surface area contributed by atoms with E-state index >= 15 is 0 Å². The van der Waals surface area contributed by atoms with E-state index in [1.165, 1.54) is 32.1 Å². The van der Waals surface area contributed by atoms with Crippen LogP contribution in [0.4, 0.5) is 0 Å². The van der Waals surface area contributed by atoms with E-state index in [0.29, 0.717) is 18.9 Å². The van der Waals surface area contributed by atoms with Crippen LogP contribution >= 0.6 is 0 Å². The Bertz CT molecular complexity index is 465. The summed E-state index contributed by atoms with van der Waals surface area (Å²) >= 11 is 0. The molecule has 1 saturated carbocycles. The van der Waals surface area contributed by atoms with Crippen molar-refractivity contribution in [2.45, 2.75) is 57.9 Å². The largest absolute Gasteiger partial charge is 0.396 e. The van der Waals surface area contributed by atoms with Gasteiger partial charge in [-0.05, 0) is 25.7 Å². The van der Waals surface area contributed by atoms with Gasteiger partial charge >= 0.3 is 0 Å². The number of unbranched alkanes of at least 4 members (excludes halogenated alkanes) is 1. The Hall–Kier alpha value is -1.85. The van der Waals surface area contributed by atoms with Crippen LogP contribution in [0, 0.1) is 5.92 Å². The molecule has 22 heavy (non-hydrogen) atoms. The molecule has 0 aliphatic heterocycles. The van der Waals surface area contributed by atoms with Gasteiger partial charge in [0.1, 0.15) is 6.61 Å². The molecule has 6 heteroatoms. The van der Waals surface area contributed by atoms with Crippen molar-refractivity contribution in [3.8, 4) is 0 Å². The zero-order valence-corrected chi connectivity index (χ0v) is 13.1. The molecule has 0 atom stereocenters. The van der Waals surface area contributed by atoms with Crippen LogP contribution in [0.15, 0.2) is 23.9 Å². The maximum Gasteiger partial charge on any atom is 0.217 e. The lowest BCUT2D eigenvalue weighted by atomic mass is 9.86. The summed E-state index contributed by atoms with van der Waals surface area (Å²) in [5, 5.41) is 4.39. The number of aromatic nitrogens is 2. The summed E-state index contributed by atoms with van der Waals surface area (Å²) in [5.74, 6) is 0.258. The van der Waals surface area contributed by atoms with Gasteiger partial charge in [-0.25, -0.2) is 4.98 Å². The average molecular weight is 306 g/mol. The average Bonchev–Trinajstić information content (AvgIpc) is 3.03. The third-order valence-corrected chi connectivity index (χ3v) is 4.07. The Morgan fingerprint density at radius 3 is 2.82 bits per heavy atom. The number of rotatable bonds is 9. The van der Waals surface area contributed by atoms with Crippen molar-refractivity contribution in [3.05, 3.63) is 18.7 Å². The standard InChI is InChI=1S/C16H26N4O2/c17-16(21)8-4-5-11-22-19-15(12-20-10-9-18-13-20)14-6-2-1-3-7-14/h9-10,13-14H,1-8,11-12H2,(H2,17,21)/b19-15-. The third-order valence-electron chi connectivity index (χ3n) is 4.07. The van der Waals surface area contributed by atoms with Gasteiger partial charge in [0, 0.05) is 24.7 Å². The van der Waals surface area contributed by atoms with Crippen molar-refractivity contribution in [1.82, 2.24) is 9.55 Å². The number of carbonyl (C=O) groups is 1. The first-order valence-electron chi connectivity index (χ1n) is 8.18. The quantitative estimate of drug-likeness (QED) is 0.432. The lowest BCUT2D eigenvalue weighted by Crippen LogP contribution is -2.23. The van der Waals surface area contributed by atoms with E-state index in [9.17, 15) is 4.79 Å². The zero-order valence-electron chi connectivity index (χ0n) is 13.1. The summed E-state index contributed by atoms with van der Waals surface area (Å²) in [6.07, 6.45) is 13.8. The van der Waals surface area contributed by atoms with Crippen LogP contribution < -0.4 is 5.73 Å². The molecule has 0 radical (unpaired) electrons. The smallest absolute Gasteiger partial charge is 0.217 e.